The number of nitrogens with one attached hydrogen (secondary N) is 2. The van der Waals surface area contributed by atoms with Gasteiger partial charge in [-0.1, -0.05) is 6.07 Å². The lowest BCUT2D eigenvalue weighted by Crippen LogP contribution is -2.41. The highest BCUT2D eigenvalue weighted by Crippen LogP contribution is 2.16. The molecule has 1 atom stereocenters. The first-order valence-electron chi connectivity index (χ1n) is 6.18. The molecule has 2 N–H and O–H groups in total. The number of anilines is 1. The fourth-order valence-electron chi connectivity index (χ4n) is 1.75. The van der Waals surface area contributed by atoms with Crippen LogP contribution in [0.2, 0.25) is 0 Å². The van der Waals surface area contributed by atoms with Crippen LogP contribution in [-0.2, 0) is 9.47 Å². The molecule has 104 valence electrons. The van der Waals surface area contributed by atoms with Crippen molar-refractivity contribution >= 4 is 11.8 Å². The van der Waals surface area contributed by atoms with Gasteiger partial charge in [-0.15, -0.1) is 0 Å². The number of methoxy groups -OCH3 is 1. The lowest BCUT2D eigenvalue weighted by Gasteiger charge is -2.23. The molecular formula is C13H18N2O4. The Hall–Kier alpha value is -1.79. The van der Waals surface area contributed by atoms with E-state index in [9.17, 15) is 4.79 Å². The lowest BCUT2D eigenvalue weighted by atomic mass is 10.3. The van der Waals surface area contributed by atoms with Crippen LogP contribution in [0.3, 0.4) is 0 Å². The second-order valence-electron chi connectivity index (χ2n) is 4.15. The van der Waals surface area contributed by atoms with E-state index in [2.05, 4.69) is 10.6 Å². The largest absolute Gasteiger partial charge is 0.497 e. The molecule has 1 saturated heterocycles. The fourth-order valence-corrected chi connectivity index (χ4v) is 1.75. The highest BCUT2D eigenvalue weighted by Gasteiger charge is 2.15. The lowest BCUT2D eigenvalue weighted by molar-refractivity contribution is -0.00984. The minimum absolute atomic E-state index is 0.0789. The number of benzene rings is 1. The molecule has 2 rings (SSSR count). The minimum Gasteiger partial charge on any atom is -0.497 e. The molecule has 6 heteroatoms. The van der Waals surface area contributed by atoms with Crippen LogP contribution in [0.15, 0.2) is 24.3 Å². The van der Waals surface area contributed by atoms with E-state index in [0.717, 1.165) is 6.54 Å². The van der Waals surface area contributed by atoms with Gasteiger partial charge in [-0.3, -0.25) is 5.32 Å². The highest BCUT2D eigenvalue weighted by molar-refractivity contribution is 5.84. The van der Waals surface area contributed by atoms with E-state index in [4.69, 9.17) is 14.2 Å². The Bertz CT molecular complexity index is 419. The third-order valence-electron chi connectivity index (χ3n) is 2.72. The van der Waals surface area contributed by atoms with Gasteiger partial charge in [0.05, 0.1) is 13.7 Å². The standard InChI is InChI=1S/C13H18N2O4/c1-17-11-4-2-3-10(7-11)15-13(16)19-9-12-8-14-5-6-18-12/h2-4,7,12,14H,5-6,8-9H2,1H3,(H,15,16). The third-order valence-corrected chi connectivity index (χ3v) is 2.72. The highest BCUT2D eigenvalue weighted by atomic mass is 16.6. The van der Waals surface area contributed by atoms with Gasteiger partial charge in [0.1, 0.15) is 18.5 Å². The molecule has 1 heterocycles. The quantitative estimate of drug-likeness (QED) is 0.858. The summed E-state index contributed by atoms with van der Waals surface area (Å²) in [6.07, 6.45) is -0.577. The third kappa shape index (κ3) is 4.42. The maximum Gasteiger partial charge on any atom is 0.411 e. The molecule has 1 amide bonds. The first-order valence-corrected chi connectivity index (χ1v) is 6.18. The number of hydrogen-bond donors (Lipinski definition) is 2. The summed E-state index contributed by atoms with van der Waals surface area (Å²) in [6.45, 7) is 2.42. The molecule has 19 heavy (non-hydrogen) atoms. The van der Waals surface area contributed by atoms with E-state index < -0.39 is 6.09 Å². The summed E-state index contributed by atoms with van der Waals surface area (Å²) in [7, 11) is 1.57. The van der Waals surface area contributed by atoms with Gasteiger partial charge in [0.25, 0.3) is 0 Å². The van der Waals surface area contributed by atoms with Crippen molar-refractivity contribution in [2.75, 3.05) is 38.7 Å². The molecular weight excluding hydrogens is 248 g/mol. The minimum atomic E-state index is -0.498. The van der Waals surface area contributed by atoms with Crippen LogP contribution in [0.5, 0.6) is 5.75 Å². The number of amides is 1. The summed E-state index contributed by atoms with van der Waals surface area (Å²) in [4.78, 5) is 11.6. The molecule has 1 unspecified atom stereocenters. The van der Waals surface area contributed by atoms with Gasteiger partial charge < -0.3 is 19.5 Å². The van der Waals surface area contributed by atoms with Crippen molar-refractivity contribution in [1.29, 1.82) is 0 Å². The van der Waals surface area contributed by atoms with Crippen LogP contribution >= 0.6 is 0 Å². The van der Waals surface area contributed by atoms with Crippen molar-refractivity contribution in [2.45, 2.75) is 6.10 Å². The molecule has 0 radical (unpaired) electrons. The van der Waals surface area contributed by atoms with Crippen LogP contribution in [0, 0.1) is 0 Å². The summed E-state index contributed by atoms with van der Waals surface area (Å²) in [6, 6.07) is 7.09. The number of morpholine rings is 1. The molecule has 0 saturated carbocycles. The van der Waals surface area contributed by atoms with Crippen molar-refractivity contribution < 1.29 is 19.0 Å². The number of hydrogen-bond acceptors (Lipinski definition) is 5. The average molecular weight is 266 g/mol. The maximum absolute atomic E-state index is 11.6. The van der Waals surface area contributed by atoms with Gasteiger partial charge in [-0.2, -0.15) is 0 Å². The number of ether oxygens (including phenoxy) is 3. The molecule has 1 aromatic rings. The first kappa shape index (κ1) is 13.6. The molecule has 6 nitrogen and oxygen atoms in total. The number of carbonyl (C=O) groups is 1. The Morgan fingerprint density at radius 1 is 1.58 bits per heavy atom. The maximum atomic E-state index is 11.6. The van der Waals surface area contributed by atoms with E-state index in [0.29, 0.717) is 24.6 Å². The molecule has 0 aromatic heterocycles. The summed E-state index contributed by atoms with van der Waals surface area (Å²) in [5, 5.41) is 5.81. The van der Waals surface area contributed by atoms with E-state index in [1.165, 1.54) is 0 Å². The van der Waals surface area contributed by atoms with Crippen LogP contribution < -0.4 is 15.4 Å². The van der Waals surface area contributed by atoms with Crippen molar-refractivity contribution in [1.82, 2.24) is 5.32 Å². The van der Waals surface area contributed by atoms with Crippen LogP contribution in [-0.4, -0.2) is 45.6 Å². The van der Waals surface area contributed by atoms with Gasteiger partial charge in [0.15, 0.2) is 0 Å². The zero-order chi connectivity index (χ0) is 13.5. The zero-order valence-electron chi connectivity index (χ0n) is 10.8. The Balaban J connectivity index is 1.76. The second-order valence-corrected chi connectivity index (χ2v) is 4.15. The van der Waals surface area contributed by atoms with Crippen molar-refractivity contribution in [3.8, 4) is 5.75 Å². The Morgan fingerprint density at radius 3 is 3.21 bits per heavy atom. The number of rotatable bonds is 4. The van der Waals surface area contributed by atoms with Crippen LogP contribution in [0.25, 0.3) is 0 Å². The summed E-state index contributed by atoms with van der Waals surface area (Å²) in [5.41, 5.74) is 0.632. The Labute approximate surface area is 112 Å². The van der Waals surface area contributed by atoms with E-state index in [-0.39, 0.29) is 12.7 Å². The molecule has 1 aliphatic rings. The average Bonchev–Trinajstić information content (AvgIpc) is 2.46. The summed E-state index contributed by atoms with van der Waals surface area (Å²) in [5.74, 6) is 0.678. The normalized spacial score (nSPS) is 18.7. The van der Waals surface area contributed by atoms with Crippen molar-refractivity contribution in [3.63, 3.8) is 0 Å². The van der Waals surface area contributed by atoms with Crippen LogP contribution in [0.4, 0.5) is 10.5 Å². The zero-order valence-corrected chi connectivity index (χ0v) is 10.8. The monoisotopic (exact) mass is 266 g/mol. The molecule has 1 aromatic carbocycles. The van der Waals surface area contributed by atoms with Crippen molar-refractivity contribution in [3.05, 3.63) is 24.3 Å². The topological polar surface area (TPSA) is 68.8 Å². The molecule has 1 fully saturated rings. The summed E-state index contributed by atoms with van der Waals surface area (Å²) < 4.78 is 15.6. The SMILES string of the molecule is COc1cccc(NC(=O)OCC2CNCCO2)c1. The van der Waals surface area contributed by atoms with Crippen molar-refractivity contribution in [2.24, 2.45) is 0 Å². The second kappa shape index (κ2) is 6.96. The molecule has 0 spiro atoms. The molecule has 0 bridgehead atoms. The van der Waals surface area contributed by atoms with Gasteiger partial charge in [-0.05, 0) is 12.1 Å². The Kier molecular flexibility index (Phi) is 5.00. The smallest absolute Gasteiger partial charge is 0.411 e. The van der Waals surface area contributed by atoms with Gasteiger partial charge in [-0.25, -0.2) is 4.79 Å². The molecule has 1 aliphatic heterocycles. The van der Waals surface area contributed by atoms with Crippen LogP contribution in [0.1, 0.15) is 0 Å². The fraction of sp³-hybridized carbons (Fsp3) is 0.462. The predicted octanol–water partition coefficient (Wildman–Crippen LogP) is 1.23. The number of carbonyl (C=O) groups excluding carboxylic acids is 1. The first-order chi connectivity index (χ1) is 9.28. The predicted molar refractivity (Wildman–Crippen MR) is 70.6 cm³/mol. The molecule has 0 aliphatic carbocycles. The summed E-state index contributed by atoms with van der Waals surface area (Å²) >= 11 is 0. The van der Waals surface area contributed by atoms with E-state index in [1.54, 1.807) is 31.4 Å². The van der Waals surface area contributed by atoms with E-state index >= 15 is 0 Å². The van der Waals surface area contributed by atoms with E-state index in [1.807, 2.05) is 0 Å². The Morgan fingerprint density at radius 2 is 2.47 bits per heavy atom. The van der Waals surface area contributed by atoms with Gasteiger partial charge in [0.2, 0.25) is 0 Å². The van der Waals surface area contributed by atoms with Gasteiger partial charge in [0, 0.05) is 24.8 Å². The van der Waals surface area contributed by atoms with Gasteiger partial charge >= 0.3 is 6.09 Å².